The SMILES string of the molecule is Cc1cc2oc(=O)c(C#N)c(N3CCOCC3)c2cc1Cl. The minimum atomic E-state index is -0.617. The molecular formula is C15H13ClN2O3. The molecule has 0 radical (unpaired) electrons. The first-order valence-electron chi connectivity index (χ1n) is 6.61. The standard InChI is InChI=1S/C15H13ClN2O3/c1-9-6-13-10(7-12(9)16)14(11(8-17)15(19)21-13)18-2-4-20-5-3-18/h6-7H,2-5H2,1H3. The lowest BCUT2D eigenvalue weighted by atomic mass is 10.1. The summed E-state index contributed by atoms with van der Waals surface area (Å²) in [6, 6.07) is 5.43. The number of hydrogen-bond donors (Lipinski definition) is 0. The van der Waals surface area contributed by atoms with Crippen LogP contribution >= 0.6 is 11.6 Å². The van der Waals surface area contributed by atoms with Gasteiger partial charge in [-0.05, 0) is 24.6 Å². The van der Waals surface area contributed by atoms with Gasteiger partial charge in [-0.2, -0.15) is 5.26 Å². The number of benzene rings is 1. The lowest BCUT2D eigenvalue weighted by Crippen LogP contribution is -2.37. The minimum Gasteiger partial charge on any atom is -0.422 e. The highest BCUT2D eigenvalue weighted by Crippen LogP contribution is 2.32. The van der Waals surface area contributed by atoms with Crippen molar-refractivity contribution in [2.45, 2.75) is 6.92 Å². The highest BCUT2D eigenvalue weighted by molar-refractivity contribution is 6.32. The van der Waals surface area contributed by atoms with Crippen molar-refractivity contribution >= 4 is 28.3 Å². The summed E-state index contributed by atoms with van der Waals surface area (Å²) < 4.78 is 10.6. The van der Waals surface area contributed by atoms with Gasteiger partial charge < -0.3 is 14.1 Å². The van der Waals surface area contributed by atoms with Gasteiger partial charge in [-0.1, -0.05) is 11.6 Å². The zero-order chi connectivity index (χ0) is 15.0. The highest BCUT2D eigenvalue weighted by Gasteiger charge is 2.22. The predicted octanol–water partition coefficient (Wildman–Crippen LogP) is 2.46. The summed E-state index contributed by atoms with van der Waals surface area (Å²) in [5, 5.41) is 10.6. The average molecular weight is 305 g/mol. The first-order chi connectivity index (χ1) is 10.1. The monoisotopic (exact) mass is 304 g/mol. The molecule has 0 atom stereocenters. The van der Waals surface area contributed by atoms with Crippen LogP contribution in [0.5, 0.6) is 0 Å². The molecule has 1 aliphatic rings. The summed E-state index contributed by atoms with van der Waals surface area (Å²) >= 11 is 6.19. The summed E-state index contributed by atoms with van der Waals surface area (Å²) in [5.41, 5.74) is 1.26. The average Bonchev–Trinajstić information content (AvgIpc) is 2.49. The van der Waals surface area contributed by atoms with Crippen LogP contribution in [0.15, 0.2) is 21.3 Å². The Morgan fingerprint density at radius 3 is 2.71 bits per heavy atom. The van der Waals surface area contributed by atoms with Crippen molar-refractivity contribution in [3.63, 3.8) is 0 Å². The van der Waals surface area contributed by atoms with Crippen LogP contribution in [-0.2, 0) is 4.74 Å². The summed E-state index contributed by atoms with van der Waals surface area (Å²) in [6.07, 6.45) is 0. The van der Waals surface area contributed by atoms with E-state index in [0.717, 1.165) is 5.56 Å². The Morgan fingerprint density at radius 1 is 1.33 bits per heavy atom. The van der Waals surface area contributed by atoms with Crippen molar-refractivity contribution in [3.05, 3.63) is 38.7 Å². The Morgan fingerprint density at radius 2 is 2.05 bits per heavy atom. The molecule has 0 spiro atoms. The summed E-state index contributed by atoms with van der Waals surface area (Å²) in [4.78, 5) is 14.0. The maximum absolute atomic E-state index is 12.0. The molecule has 1 aliphatic heterocycles. The van der Waals surface area contributed by atoms with Crippen molar-refractivity contribution in [3.8, 4) is 6.07 Å². The number of aryl methyl sites for hydroxylation is 1. The van der Waals surface area contributed by atoms with Gasteiger partial charge in [0.05, 0.1) is 18.9 Å². The fourth-order valence-corrected chi connectivity index (χ4v) is 2.68. The van der Waals surface area contributed by atoms with Crippen molar-refractivity contribution in [2.75, 3.05) is 31.2 Å². The maximum atomic E-state index is 12.0. The molecule has 0 bridgehead atoms. The van der Waals surface area contributed by atoms with Crippen molar-refractivity contribution in [2.24, 2.45) is 0 Å². The first-order valence-corrected chi connectivity index (χ1v) is 6.99. The van der Waals surface area contributed by atoms with Gasteiger partial charge in [0.2, 0.25) is 0 Å². The number of halogens is 1. The van der Waals surface area contributed by atoms with Crippen LogP contribution < -0.4 is 10.5 Å². The molecule has 0 N–H and O–H groups in total. The van der Waals surface area contributed by atoms with E-state index in [1.807, 2.05) is 17.9 Å². The topological polar surface area (TPSA) is 66.5 Å². The number of nitrogens with zero attached hydrogens (tertiary/aromatic N) is 2. The van der Waals surface area contributed by atoms with Crippen LogP contribution in [0.1, 0.15) is 11.1 Å². The number of ether oxygens (including phenoxy) is 1. The zero-order valence-corrected chi connectivity index (χ0v) is 12.2. The molecule has 2 aromatic rings. The number of morpholine rings is 1. The van der Waals surface area contributed by atoms with Gasteiger partial charge >= 0.3 is 5.63 Å². The van der Waals surface area contributed by atoms with Gasteiger partial charge in [-0.3, -0.25) is 0 Å². The van der Waals surface area contributed by atoms with Gasteiger partial charge in [0.1, 0.15) is 11.7 Å². The molecule has 6 heteroatoms. The van der Waals surface area contributed by atoms with E-state index in [9.17, 15) is 10.1 Å². The largest absolute Gasteiger partial charge is 0.422 e. The van der Waals surface area contributed by atoms with Gasteiger partial charge in [0.25, 0.3) is 0 Å². The molecule has 0 amide bonds. The van der Waals surface area contributed by atoms with Crippen LogP contribution in [-0.4, -0.2) is 26.3 Å². The van der Waals surface area contributed by atoms with Gasteiger partial charge in [-0.25, -0.2) is 4.79 Å². The van der Waals surface area contributed by atoms with Crippen LogP contribution in [0.25, 0.3) is 11.0 Å². The van der Waals surface area contributed by atoms with Gasteiger partial charge in [0.15, 0.2) is 5.56 Å². The number of hydrogen-bond acceptors (Lipinski definition) is 5. The van der Waals surface area contributed by atoms with E-state index in [0.29, 0.717) is 48.0 Å². The van der Waals surface area contributed by atoms with Crippen LogP contribution in [0, 0.1) is 18.3 Å². The summed E-state index contributed by atoms with van der Waals surface area (Å²) in [7, 11) is 0. The zero-order valence-electron chi connectivity index (χ0n) is 11.5. The van der Waals surface area contributed by atoms with Crippen LogP contribution in [0.2, 0.25) is 5.02 Å². The minimum absolute atomic E-state index is 0.0179. The maximum Gasteiger partial charge on any atom is 0.356 e. The molecule has 108 valence electrons. The molecule has 3 rings (SSSR count). The second-order valence-corrected chi connectivity index (χ2v) is 5.33. The third kappa shape index (κ3) is 2.37. The van der Waals surface area contributed by atoms with E-state index >= 15 is 0 Å². The van der Waals surface area contributed by atoms with E-state index in [1.165, 1.54) is 0 Å². The molecule has 1 aromatic carbocycles. The van der Waals surface area contributed by atoms with E-state index in [4.69, 9.17) is 20.8 Å². The Kier molecular flexibility index (Phi) is 3.58. The lowest BCUT2D eigenvalue weighted by Gasteiger charge is -2.30. The Labute approximate surface area is 126 Å². The molecule has 1 saturated heterocycles. The quantitative estimate of drug-likeness (QED) is 0.757. The van der Waals surface area contributed by atoms with E-state index < -0.39 is 5.63 Å². The molecule has 21 heavy (non-hydrogen) atoms. The fourth-order valence-electron chi connectivity index (χ4n) is 2.52. The Bertz CT molecular complexity index is 801. The molecule has 5 nitrogen and oxygen atoms in total. The highest BCUT2D eigenvalue weighted by atomic mass is 35.5. The first kappa shape index (κ1) is 13.9. The van der Waals surface area contributed by atoms with Crippen molar-refractivity contribution in [1.82, 2.24) is 0 Å². The number of rotatable bonds is 1. The number of nitriles is 1. The predicted molar refractivity (Wildman–Crippen MR) is 80.0 cm³/mol. The lowest BCUT2D eigenvalue weighted by molar-refractivity contribution is 0.123. The van der Waals surface area contributed by atoms with Gasteiger partial charge in [0, 0.05) is 23.5 Å². The molecule has 2 heterocycles. The van der Waals surface area contributed by atoms with E-state index in [-0.39, 0.29) is 5.56 Å². The normalized spacial score (nSPS) is 15.2. The molecule has 0 unspecified atom stereocenters. The second kappa shape index (κ2) is 5.40. The number of anilines is 1. The Balaban J connectivity index is 2.34. The molecule has 1 aromatic heterocycles. The van der Waals surface area contributed by atoms with Gasteiger partial charge in [-0.15, -0.1) is 0 Å². The van der Waals surface area contributed by atoms with Crippen LogP contribution in [0.3, 0.4) is 0 Å². The molecule has 0 saturated carbocycles. The Hall–Kier alpha value is -2.03. The van der Waals surface area contributed by atoms with Crippen LogP contribution in [0.4, 0.5) is 5.69 Å². The summed E-state index contributed by atoms with van der Waals surface area (Å²) in [5.74, 6) is 0. The molecule has 0 aliphatic carbocycles. The van der Waals surface area contributed by atoms with E-state index in [2.05, 4.69) is 0 Å². The fraction of sp³-hybridized carbons (Fsp3) is 0.333. The third-order valence-corrected chi connectivity index (χ3v) is 4.01. The van der Waals surface area contributed by atoms with Crippen molar-refractivity contribution < 1.29 is 9.15 Å². The molecule has 1 fully saturated rings. The van der Waals surface area contributed by atoms with E-state index in [1.54, 1.807) is 12.1 Å². The molecular weight excluding hydrogens is 292 g/mol. The summed E-state index contributed by atoms with van der Waals surface area (Å²) in [6.45, 7) is 4.21. The second-order valence-electron chi connectivity index (χ2n) is 4.92. The third-order valence-electron chi connectivity index (χ3n) is 3.60. The number of fused-ring (bicyclic) bond motifs is 1. The van der Waals surface area contributed by atoms with Crippen molar-refractivity contribution in [1.29, 1.82) is 5.26 Å². The smallest absolute Gasteiger partial charge is 0.356 e.